The fourth-order valence-electron chi connectivity index (χ4n) is 15.0. The number of amides is 2. The number of rotatable bonds is 34. The number of benzene rings is 2. The third-order valence-corrected chi connectivity index (χ3v) is 22.0. The van der Waals surface area contributed by atoms with Crippen LogP contribution in [0.3, 0.4) is 0 Å². The molecule has 0 bridgehead atoms. The lowest BCUT2D eigenvalue weighted by molar-refractivity contribution is -0.384. The molecule has 5 fully saturated rings. The number of pyridine rings is 2. The van der Waals surface area contributed by atoms with Crippen LogP contribution >= 0.6 is 0 Å². The first-order valence-corrected chi connectivity index (χ1v) is 41.5. The second kappa shape index (κ2) is 46.6. The number of carbonyl (C=O) groups is 3. The van der Waals surface area contributed by atoms with E-state index in [1.54, 1.807) is 18.2 Å². The molecular formula is C80H103F6N29O12. The number of primary amides is 2. The molecule has 6 aromatic heterocycles. The van der Waals surface area contributed by atoms with Gasteiger partial charge in [0, 0.05) is 137 Å². The maximum Gasteiger partial charge on any atom is 0.573 e. The molecule has 0 unspecified atom stereocenters. The van der Waals surface area contributed by atoms with Gasteiger partial charge in [0.15, 0.2) is 0 Å². The van der Waals surface area contributed by atoms with Crippen molar-refractivity contribution in [1.82, 2.24) is 55.2 Å². The summed E-state index contributed by atoms with van der Waals surface area (Å²) in [5, 5.41) is 72.4. The number of Topliss-reactive ketones (excluding diaryl/α,β-unsaturated/α-hetero) is 1. The fraction of sp³-hybridized carbons (Fsp3) is 0.487. The minimum absolute atomic E-state index is 0.0151. The summed E-state index contributed by atoms with van der Waals surface area (Å²) in [4.78, 5) is 120. The lowest BCUT2D eigenvalue weighted by Crippen LogP contribution is -2.39. The second-order valence-electron chi connectivity index (χ2n) is 31.3. The Morgan fingerprint density at radius 3 is 1.35 bits per heavy atom. The number of anilines is 9. The Labute approximate surface area is 724 Å². The molecule has 2 atom stereocenters. The van der Waals surface area contributed by atoms with Gasteiger partial charge < -0.3 is 86.2 Å². The molecule has 13 rings (SSSR count). The molecule has 4 aliphatic carbocycles. The summed E-state index contributed by atoms with van der Waals surface area (Å²) in [5.74, 6) is 0.540. The summed E-state index contributed by atoms with van der Waals surface area (Å²) in [6.07, 6.45) is 16.1. The zero-order valence-corrected chi connectivity index (χ0v) is 69.3. The van der Waals surface area contributed by atoms with Crippen molar-refractivity contribution in [3.05, 3.63) is 184 Å². The number of ketones is 1. The Morgan fingerprint density at radius 2 is 0.906 bits per heavy atom. The second-order valence-corrected chi connectivity index (χ2v) is 31.3. The highest BCUT2D eigenvalue weighted by molar-refractivity contribution is 5.93. The van der Waals surface area contributed by atoms with E-state index < -0.39 is 61.4 Å². The quantitative estimate of drug-likeness (QED) is 0.0101. The summed E-state index contributed by atoms with van der Waals surface area (Å²) in [7, 11) is 0. The van der Waals surface area contributed by atoms with Gasteiger partial charge in [-0.1, -0.05) is 30.3 Å². The van der Waals surface area contributed by atoms with Crippen molar-refractivity contribution in [1.29, 1.82) is 0 Å². The van der Waals surface area contributed by atoms with Gasteiger partial charge in [-0.25, -0.2) is 19.9 Å². The van der Waals surface area contributed by atoms with Gasteiger partial charge in [-0.05, 0) is 174 Å². The molecule has 5 aliphatic rings. The van der Waals surface area contributed by atoms with E-state index >= 15 is 0 Å². The lowest BCUT2D eigenvalue weighted by atomic mass is 9.85. The van der Waals surface area contributed by atoms with Crippen LogP contribution in [0.4, 0.5) is 102 Å². The molecule has 1 aliphatic heterocycles. The molecule has 1 saturated heterocycles. The molecule has 47 heteroatoms. The lowest BCUT2D eigenvalue weighted by Gasteiger charge is -2.30. The van der Waals surface area contributed by atoms with Gasteiger partial charge in [0.25, 0.3) is 0 Å². The topological polar surface area (TPSA) is 604 Å². The van der Waals surface area contributed by atoms with Crippen molar-refractivity contribution in [2.75, 3.05) is 93.2 Å². The molecule has 127 heavy (non-hydrogen) atoms. The molecule has 2 amide bonds. The van der Waals surface area contributed by atoms with E-state index in [4.69, 9.17) is 28.7 Å². The van der Waals surface area contributed by atoms with E-state index in [9.17, 15) is 81.2 Å². The highest BCUT2D eigenvalue weighted by Gasteiger charge is 2.36. The number of ether oxygens (including phenoxy) is 1. The molecule has 8 aromatic rings. The number of nitrogens with two attached hydrogens (primary N) is 5. The number of nitro groups is 4. The maximum atomic E-state index is 13.2. The van der Waals surface area contributed by atoms with Gasteiger partial charge in [0.1, 0.15) is 36.3 Å². The average Bonchev–Trinajstić information content (AvgIpc) is 0.849. The van der Waals surface area contributed by atoms with Crippen molar-refractivity contribution in [2.24, 2.45) is 52.3 Å². The number of hydrogen-bond donors (Lipinski definition) is 14. The van der Waals surface area contributed by atoms with Gasteiger partial charge >= 0.3 is 35.3 Å². The highest BCUT2D eigenvalue weighted by Crippen LogP contribution is 2.36. The first kappa shape index (κ1) is 95.9. The zero-order chi connectivity index (χ0) is 91.2. The Bertz CT molecular complexity index is 5020. The van der Waals surface area contributed by atoms with Gasteiger partial charge in [-0.3, -0.25) is 64.8 Å². The van der Waals surface area contributed by atoms with Gasteiger partial charge in [-0.2, -0.15) is 33.1 Å². The van der Waals surface area contributed by atoms with Crippen LogP contribution < -0.4 is 86.2 Å². The van der Waals surface area contributed by atoms with Crippen molar-refractivity contribution in [3.8, 4) is 5.75 Å². The first-order chi connectivity index (χ1) is 60.8. The summed E-state index contributed by atoms with van der Waals surface area (Å²) in [6, 6.07) is 17.4. The van der Waals surface area contributed by atoms with Crippen LogP contribution in [0.2, 0.25) is 0 Å². The largest absolute Gasteiger partial charge is 0.573 e. The number of aromatic nitrogens is 10. The van der Waals surface area contributed by atoms with E-state index in [0.29, 0.717) is 68.9 Å². The van der Waals surface area contributed by atoms with Gasteiger partial charge in [-0.15, -0.1) is 13.2 Å². The maximum absolute atomic E-state index is 13.2. The van der Waals surface area contributed by atoms with Crippen molar-refractivity contribution in [2.45, 2.75) is 178 Å². The van der Waals surface area contributed by atoms with Crippen LogP contribution in [0.15, 0.2) is 110 Å². The van der Waals surface area contributed by atoms with Gasteiger partial charge in [0.2, 0.25) is 58.9 Å². The van der Waals surface area contributed by atoms with Crippen molar-refractivity contribution in [3.63, 3.8) is 0 Å². The number of nitrogens with zero attached hydrogens (tertiary/aromatic N) is 15. The van der Waals surface area contributed by atoms with E-state index in [1.807, 2.05) is 12.1 Å². The monoisotopic (exact) mass is 1780 g/mol. The third-order valence-electron chi connectivity index (χ3n) is 22.0. The molecule has 2 aromatic carbocycles. The van der Waals surface area contributed by atoms with Crippen LogP contribution in [0.5, 0.6) is 5.75 Å². The highest BCUT2D eigenvalue weighted by atomic mass is 19.4. The predicted molar refractivity (Wildman–Crippen MR) is 459 cm³/mol. The molecule has 7 heterocycles. The SMILES string of the molecule is NC(=O)CNC1CCC(CNc2nc(NCc3cnccc3C(F)(F)F)ncc2[N+](=O)[O-])CC1.NC(=O)c1cccc(CNc2ncc([N+](=O)[O-])c(NCC3CCC(N)CC3)n2)c1.NC1CCC(CNc2nc(NCc3ccccc3N3CCCCC3)ncc2[N+](=O)[O-])CC1.N[C@@H]1CC[C@@H](CNc2nc(NCc3cnccc3OC(F)(F)F)ncc2[N+](=O)[O-])CC1=O. The van der Waals surface area contributed by atoms with Gasteiger partial charge in [0.05, 0.1) is 37.8 Å². The summed E-state index contributed by atoms with van der Waals surface area (Å²) in [5.41, 5.74) is 29.8. The minimum atomic E-state index is -4.87. The first-order valence-electron chi connectivity index (χ1n) is 41.5. The van der Waals surface area contributed by atoms with Crippen LogP contribution in [-0.4, -0.2) is 163 Å². The standard InChI is InChI=1S/C23H33N7O2.C20H25F3N8O3.C19H25N7O3.C18H20F3N7O4/c24-19-10-8-17(9-11-19)14-25-22-21(30(31)32)16-27-23(28-22)26-15-18-6-2-3-7-20(18)29-12-4-1-5-13-29;21-20(22,23)15-5-6-25-8-13(15)9-28-19-29-10-16(31(33)34)18(30-19)27-7-12-1-3-14(4-2-12)26-11-17(24)32;20-15-6-4-12(5-7-15)9-22-18-16(26(28)29)11-24-19(25-18)23-10-13-2-1-3-14(8-13)17(21)27;19-18(20,21)32-15-3-4-23-7-11(15)8-25-17-26-9-13(28(30)31)16(27-17)24-6-10-1-2-12(22)14(29)5-10/h2-3,6-7,16-17,19H,1,4-5,8-15,24H2,(H2,25,26,27,28);5-6,8,10,12,14,26H,1-4,7,9,11H2,(H2,24,32)(H2,27,28,29,30);1-3,8,11-12,15H,4-7,9-10,20H2,(H2,21,27)(H2,22,23,24,25);3-4,7,9-10,12H,1-2,5-6,8,22H2,(H2,24,25,26,27)/t;;;10-,12-/m...1/s1. The zero-order valence-electron chi connectivity index (χ0n) is 69.3. The number of piperidine rings is 1. The van der Waals surface area contributed by atoms with Crippen molar-refractivity contribution >= 4 is 93.1 Å². The van der Waals surface area contributed by atoms with E-state index in [0.717, 1.165) is 139 Å². The number of carbonyl (C=O) groups excluding carboxylic acids is 3. The fourth-order valence-corrected chi connectivity index (χ4v) is 15.0. The molecule has 4 saturated carbocycles. The smallest absolute Gasteiger partial charge is 0.405 e. The summed E-state index contributed by atoms with van der Waals surface area (Å²) < 4.78 is 81.1. The van der Waals surface area contributed by atoms with E-state index in [-0.39, 0.29) is 143 Å². The number of halogens is 6. The molecular weight excluding hydrogens is 1670 g/mol. The number of nitrogens with one attached hydrogen (secondary N) is 9. The van der Waals surface area contributed by atoms with Crippen LogP contribution in [0.1, 0.15) is 154 Å². The summed E-state index contributed by atoms with van der Waals surface area (Å²) >= 11 is 0. The normalized spacial score (nSPS) is 19.3. The Morgan fingerprint density at radius 1 is 0.480 bits per heavy atom. The van der Waals surface area contributed by atoms with E-state index in [2.05, 4.69) is 126 Å². The molecule has 41 nitrogen and oxygen atoms in total. The van der Waals surface area contributed by atoms with Crippen LogP contribution in [0.25, 0.3) is 0 Å². The molecule has 19 N–H and O–H groups in total. The predicted octanol–water partition coefficient (Wildman–Crippen LogP) is 10.8. The molecule has 0 spiro atoms. The Kier molecular flexibility index (Phi) is 35.2. The molecule has 0 radical (unpaired) electrons. The van der Waals surface area contributed by atoms with Crippen LogP contribution in [0, 0.1) is 64.1 Å². The average molecular weight is 1780 g/mol. The third kappa shape index (κ3) is 30.5. The number of hydrogen-bond acceptors (Lipinski definition) is 35. The number of alkyl halides is 6. The Hall–Kier alpha value is -13.3. The molecule has 682 valence electrons. The number of para-hydroxylation sites is 1. The minimum Gasteiger partial charge on any atom is -0.405 e. The van der Waals surface area contributed by atoms with Crippen LogP contribution in [-0.2, 0) is 41.9 Å². The Balaban J connectivity index is 0.000000177. The van der Waals surface area contributed by atoms with Crippen molar-refractivity contribution < 1.29 is 65.2 Å². The summed E-state index contributed by atoms with van der Waals surface area (Å²) in [6.45, 7) is 4.70. The van der Waals surface area contributed by atoms with E-state index in [1.165, 1.54) is 49.1 Å².